The highest BCUT2D eigenvalue weighted by Crippen LogP contribution is 2.48. The van der Waals surface area contributed by atoms with Crippen molar-refractivity contribution in [3.63, 3.8) is 0 Å². The van der Waals surface area contributed by atoms with Crippen molar-refractivity contribution < 1.29 is 0 Å². The molecule has 0 fully saturated rings. The molecule has 0 atom stereocenters. The quantitative estimate of drug-likeness (QED) is 0.614. The molecule has 92 valence electrons. The maximum atomic E-state index is 6.33. The van der Waals surface area contributed by atoms with Crippen molar-refractivity contribution in [1.82, 2.24) is 0 Å². The predicted molar refractivity (Wildman–Crippen MR) is 79.4 cm³/mol. The van der Waals surface area contributed by atoms with Gasteiger partial charge in [-0.15, -0.1) is 0 Å². The number of fused-ring (bicyclic) bond motifs is 2. The van der Waals surface area contributed by atoms with E-state index in [1.807, 2.05) is 6.07 Å². The molecule has 1 nitrogen and oxygen atoms in total. The van der Waals surface area contributed by atoms with Gasteiger partial charge in [0.05, 0.1) is 11.4 Å². The summed E-state index contributed by atoms with van der Waals surface area (Å²) in [6, 6.07) is 12.5. The van der Waals surface area contributed by atoms with Gasteiger partial charge >= 0.3 is 0 Å². The molecule has 0 aromatic heterocycles. The van der Waals surface area contributed by atoms with Gasteiger partial charge in [0.2, 0.25) is 0 Å². The highest BCUT2D eigenvalue weighted by atomic mass is 35.5. The summed E-state index contributed by atoms with van der Waals surface area (Å²) in [7, 11) is 0. The number of halogens is 1. The van der Waals surface area contributed by atoms with E-state index >= 15 is 0 Å². The highest BCUT2D eigenvalue weighted by Gasteiger charge is 2.21. The number of rotatable bonds is 1. The first-order valence-corrected chi connectivity index (χ1v) is 7.22. The molecule has 0 unspecified atom stereocenters. The van der Waals surface area contributed by atoms with Crippen LogP contribution in [0, 0.1) is 0 Å². The van der Waals surface area contributed by atoms with Gasteiger partial charge < -0.3 is 5.32 Å². The Morgan fingerprint density at radius 3 is 2.61 bits per heavy atom. The van der Waals surface area contributed by atoms with Crippen molar-refractivity contribution >= 4 is 34.7 Å². The molecule has 2 aromatic carbocycles. The van der Waals surface area contributed by atoms with Gasteiger partial charge in [0.1, 0.15) is 0 Å². The Labute approximate surface area is 117 Å². The monoisotopic (exact) mass is 275 g/mol. The fourth-order valence-corrected chi connectivity index (χ4v) is 3.65. The summed E-state index contributed by atoms with van der Waals surface area (Å²) < 4.78 is 0. The molecule has 18 heavy (non-hydrogen) atoms. The third kappa shape index (κ3) is 1.90. The number of hydrogen-bond donors (Lipinski definition) is 1. The molecule has 3 rings (SSSR count). The van der Waals surface area contributed by atoms with Crippen molar-refractivity contribution in [2.75, 3.05) is 5.32 Å². The normalized spacial score (nSPS) is 12.9. The molecule has 0 bridgehead atoms. The molecule has 1 N–H and O–H groups in total. The van der Waals surface area contributed by atoms with Crippen molar-refractivity contribution in [3.8, 4) is 0 Å². The summed E-state index contributed by atoms with van der Waals surface area (Å²) in [6.45, 7) is 4.35. The van der Waals surface area contributed by atoms with Crippen LogP contribution in [0.5, 0.6) is 0 Å². The first-order chi connectivity index (χ1) is 8.66. The van der Waals surface area contributed by atoms with Crippen LogP contribution >= 0.6 is 23.4 Å². The van der Waals surface area contributed by atoms with Crippen LogP contribution < -0.4 is 5.32 Å². The van der Waals surface area contributed by atoms with Crippen LogP contribution in [0.15, 0.2) is 46.2 Å². The lowest BCUT2D eigenvalue weighted by molar-refractivity contribution is 0.865. The summed E-state index contributed by atoms with van der Waals surface area (Å²) in [5.41, 5.74) is 3.54. The maximum absolute atomic E-state index is 6.33. The zero-order valence-corrected chi connectivity index (χ0v) is 11.9. The second kappa shape index (κ2) is 4.52. The molecule has 0 amide bonds. The van der Waals surface area contributed by atoms with Crippen LogP contribution in [0.1, 0.15) is 25.3 Å². The SMILES string of the molecule is CC(C)c1c(Cl)ccc2c1Nc1ccccc1S2. The van der Waals surface area contributed by atoms with Gasteiger partial charge in [-0.2, -0.15) is 0 Å². The first-order valence-electron chi connectivity index (χ1n) is 6.03. The van der Waals surface area contributed by atoms with E-state index in [-0.39, 0.29) is 0 Å². The van der Waals surface area contributed by atoms with E-state index < -0.39 is 0 Å². The van der Waals surface area contributed by atoms with E-state index in [0.717, 1.165) is 5.02 Å². The van der Waals surface area contributed by atoms with E-state index in [1.165, 1.54) is 26.7 Å². The molecular formula is C15H14ClNS. The average Bonchev–Trinajstić information content (AvgIpc) is 2.36. The smallest absolute Gasteiger partial charge is 0.0576 e. The second-order valence-corrected chi connectivity index (χ2v) is 6.20. The van der Waals surface area contributed by atoms with Crippen LogP contribution in [0.2, 0.25) is 5.02 Å². The van der Waals surface area contributed by atoms with Gasteiger partial charge in [-0.05, 0) is 35.7 Å². The summed E-state index contributed by atoms with van der Waals surface area (Å²) in [6.07, 6.45) is 0. The van der Waals surface area contributed by atoms with Gasteiger partial charge in [-0.25, -0.2) is 0 Å². The Kier molecular flexibility index (Phi) is 3.00. The lowest BCUT2D eigenvalue weighted by Gasteiger charge is -2.25. The largest absolute Gasteiger partial charge is 0.353 e. The van der Waals surface area contributed by atoms with Crippen LogP contribution in [0.3, 0.4) is 0 Å². The standard InChI is InChI=1S/C15H14ClNS/c1-9(2)14-10(16)7-8-13-15(14)17-11-5-3-4-6-12(11)18-13/h3-9,17H,1-2H3. The topological polar surface area (TPSA) is 12.0 Å². The minimum Gasteiger partial charge on any atom is -0.353 e. The summed E-state index contributed by atoms with van der Waals surface area (Å²) >= 11 is 8.14. The van der Waals surface area contributed by atoms with Gasteiger partial charge in [-0.3, -0.25) is 0 Å². The maximum Gasteiger partial charge on any atom is 0.0576 e. The molecule has 0 aliphatic carbocycles. The fraction of sp³-hybridized carbons (Fsp3) is 0.200. The molecule has 0 radical (unpaired) electrons. The molecule has 2 aromatic rings. The molecule has 3 heteroatoms. The van der Waals surface area contributed by atoms with Crippen molar-refractivity contribution in [3.05, 3.63) is 47.0 Å². The lowest BCUT2D eigenvalue weighted by atomic mass is 10.0. The van der Waals surface area contributed by atoms with E-state index in [4.69, 9.17) is 11.6 Å². The Bertz CT molecular complexity index is 607. The first kappa shape index (κ1) is 11.9. The fourth-order valence-electron chi connectivity index (χ4n) is 2.26. The molecule has 0 saturated heterocycles. The molecule has 1 aliphatic heterocycles. The van der Waals surface area contributed by atoms with E-state index in [1.54, 1.807) is 11.8 Å². The lowest BCUT2D eigenvalue weighted by Crippen LogP contribution is -2.05. The third-order valence-corrected chi connectivity index (χ3v) is 4.56. The Balaban J connectivity index is 2.16. The number of hydrogen-bond acceptors (Lipinski definition) is 2. The molecule has 0 saturated carbocycles. The predicted octanol–water partition coefficient (Wildman–Crippen LogP) is 5.67. The van der Waals surface area contributed by atoms with Crippen LogP contribution in [0.25, 0.3) is 0 Å². The number of benzene rings is 2. The summed E-state index contributed by atoms with van der Waals surface area (Å²) in [5, 5.41) is 4.37. The zero-order valence-electron chi connectivity index (χ0n) is 10.3. The average molecular weight is 276 g/mol. The van der Waals surface area contributed by atoms with Crippen LogP contribution in [0.4, 0.5) is 11.4 Å². The Morgan fingerprint density at radius 1 is 1.06 bits per heavy atom. The van der Waals surface area contributed by atoms with E-state index in [2.05, 4.69) is 49.5 Å². The highest BCUT2D eigenvalue weighted by molar-refractivity contribution is 7.99. The number of nitrogens with one attached hydrogen (secondary N) is 1. The van der Waals surface area contributed by atoms with Gasteiger partial charge in [0, 0.05) is 14.8 Å². The Morgan fingerprint density at radius 2 is 1.83 bits per heavy atom. The van der Waals surface area contributed by atoms with E-state index in [9.17, 15) is 0 Å². The van der Waals surface area contributed by atoms with Crippen molar-refractivity contribution in [1.29, 1.82) is 0 Å². The molecule has 0 spiro atoms. The minimum absolute atomic E-state index is 0.408. The number of para-hydroxylation sites is 1. The van der Waals surface area contributed by atoms with E-state index in [0.29, 0.717) is 5.92 Å². The Hall–Kier alpha value is -1.12. The third-order valence-electron chi connectivity index (χ3n) is 3.10. The molecule has 1 aliphatic rings. The second-order valence-electron chi connectivity index (χ2n) is 4.71. The van der Waals surface area contributed by atoms with Gasteiger partial charge in [-0.1, -0.05) is 49.3 Å². The van der Waals surface area contributed by atoms with Gasteiger partial charge in [0.25, 0.3) is 0 Å². The molecular weight excluding hydrogens is 262 g/mol. The summed E-state index contributed by atoms with van der Waals surface area (Å²) in [5.74, 6) is 0.408. The van der Waals surface area contributed by atoms with Crippen molar-refractivity contribution in [2.24, 2.45) is 0 Å². The van der Waals surface area contributed by atoms with Crippen molar-refractivity contribution in [2.45, 2.75) is 29.6 Å². The van der Waals surface area contributed by atoms with Crippen LogP contribution in [-0.2, 0) is 0 Å². The minimum atomic E-state index is 0.408. The molecule has 1 heterocycles. The van der Waals surface area contributed by atoms with Gasteiger partial charge in [0.15, 0.2) is 0 Å². The van der Waals surface area contributed by atoms with Crippen LogP contribution in [-0.4, -0.2) is 0 Å². The summed E-state index contributed by atoms with van der Waals surface area (Å²) in [4.78, 5) is 2.52. The number of anilines is 2. The zero-order chi connectivity index (χ0) is 12.7.